The Labute approximate surface area is 191 Å². The quantitative estimate of drug-likeness (QED) is 0.442. The molecule has 32 heavy (non-hydrogen) atoms. The lowest BCUT2D eigenvalue weighted by molar-refractivity contribution is -0.116. The second-order valence-electron chi connectivity index (χ2n) is 8.35. The lowest BCUT2D eigenvalue weighted by atomic mass is 9.97. The van der Waals surface area contributed by atoms with Gasteiger partial charge in [0.1, 0.15) is 5.03 Å². The molecule has 164 valence electrons. The monoisotopic (exact) mass is 446 g/mol. The Morgan fingerprint density at radius 3 is 2.78 bits per heavy atom. The normalized spacial score (nSPS) is 15.2. The molecule has 2 aliphatic rings. The summed E-state index contributed by atoms with van der Waals surface area (Å²) in [7, 11) is 0. The van der Waals surface area contributed by atoms with Gasteiger partial charge in [-0.2, -0.15) is 4.98 Å². The van der Waals surface area contributed by atoms with Gasteiger partial charge >= 0.3 is 5.69 Å². The number of nitrogens with zero attached hydrogens (tertiary/aromatic N) is 4. The number of carbonyl (C=O) groups is 1. The number of benzene rings is 1. The number of hydrogen-bond acceptors (Lipinski definition) is 5. The van der Waals surface area contributed by atoms with Crippen LogP contribution in [0.25, 0.3) is 0 Å². The summed E-state index contributed by atoms with van der Waals surface area (Å²) in [5, 5.41) is 0.728. The fourth-order valence-corrected chi connectivity index (χ4v) is 5.66. The average molecular weight is 447 g/mol. The minimum Gasteiger partial charge on any atom is -0.311 e. The van der Waals surface area contributed by atoms with Crippen molar-refractivity contribution in [1.29, 1.82) is 0 Å². The van der Waals surface area contributed by atoms with Crippen molar-refractivity contribution in [1.82, 2.24) is 14.5 Å². The van der Waals surface area contributed by atoms with Crippen LogP contribution in [0.2, 0.25) is 0 Å². The van der Waals surface area contributed by atoms with E-state index in [4.69, 9.17) is 0 Å². The molecule has 1 aliphatic heterocycles. The highest BCUT2D eigenvalue weighted by molar-refractivity contribution is 8.00. The highest BCUT2D eigenvalue weighted by Crippen LogP contribution is 2.31. The van der Waals surface area contributed by atoms with E-state index >= 15 is 0 Å². The smallest absolute Gasteiger partial charge is 0.311 e. The third-order valence-electron chi connectivity index (χ3n) is 6.26. The minimum absolute atomic E-state index is 0.0769. The van der Waals surface area contributed by atoms with E-state index in [1.165, 1.54) is 17.3 Å². The van der Waals surface area contributed by atoms with Crippen LogP contribution < -0.4 is 10.6 Å². The molecule has 0 saturated carbocycles. The Bertz CT molecular complexity index is 1190. The Balaban J connectivity index is 1.38. The van der Waals surface area contributed by atoms with Crippen molar-refractivity contribution in [3.63, 3.8) is 0 Å². The van der Waals surface area contributed by atoms with E-state index in [1.54, 1.807) is 17.0 Å². The largest absolute Gasteiger partial charge is 0.349 e. The van der Waals surface area contributed by atoms with Crippen LogP contribution in [0.3, 0.4) is 0 Å². The van der Waals surface area contributed by atoms with Crippen molar-refractivity contribution in [3.8, 4) is 0 Å². The van der Waals surface area contributed by atoms with Crippen LogP contribution in [-0.2, 0) is 30.6 Å². The van der Waals surface area contributed by atoms with Crippen LogP contribution in [-0.4, -0.2) is 32.7 Å². The fourth-order valence-electron chi connectivity index (χ4n) is 4.71. The van der Waals surface area contributed by atoms with Gasteiger partial charge in [-0.25, -0.2) is 4.79 Å². The summed E-state index contributed by atoms with van der Waals surface area (Å²) < 4.78 is 1.79. The van der Waals surface area contributed by atoms with Crippen molar-refractivity contribution in [3.05, 3.63) is 81.7 Å². The molecule has 1 aromatic carbocycles. The van der Waals surface area contributed by atoms with E-state index < -0.39 is 0 Å². The standard InChI is InChI=1S/C25H26N4O2S/c30-23(28-14-6-9-19-8-1-3-11-21(19)28)17-32-24-20-10-2-4-12-22(20)29(25(31)27-24)16-18-7-5-13-26-15-18/h1,3,5,7-8,11,13,15H,2,4,6,9-10,12,14,16-17H2. The zero-order chi connectivity index (χ0) is 21.9. The molecule has 0 radical (unpaired) electrons. The molecular formula is C25H26N4O2S. The number of amides is 1. The maximum absolute atomic E-state index is 13.1. The van der Waals surface area contributed by atoms with Crippen LogP contribution in [0.15, 0.2) is 58.6 Å². The van der Waals surface area contributed by atoms with Crippen LogP contribution in [0.4, 0.5) is 5.69 Å². The van der Waals surface area contributed by atoms with Crippen LogP contribution in [0.5, 0.6) is 0 Å². The number of para-hydroxylation sites is 1. The molecule has 7 heteroatoms. The minimum atomic E-state index is -0.243. The first kappa shape index (κ1) is 20.9. The van der Waals surface area contributed by atoms with E-state index in [0.29, 0.717) is 12.3 Å². The van der Waals surface area contributed by atoms with Crippen LogP contribution in [0, 0.1) is 0 Å². The second-order valence-corrected chi connectivity index (χ2v) is 9.31. The van der Waals surface area contributed by atoms with E-state index in [9.17, 15) is 9.59 Å². The Hall–Kier alpha value is -2.93. The summed E-state index contributed by atoms with van der Waals surface area (Å²) in [4.78, 5) is 36.5. The topological polar surface area (TPSA) is 68.1 Å². The first-order valence-electron chi connectivity index (χ1n) is 11.2. The summed E-state index contributed by atoms with van der Waals surface area (Å²) in [5.41, 5.74) is 5.20. The zero-order valence-electron chi connectivity index (χ0n) is 18.0. The van der Waals surface area contributed by atoms with Crippen LogP contribution in [0.1, 0.15) is 41.6 Å². The van der Waals surface area contributed by atoms with Gasteiger partial charge in [0.25, 0.3) is 0 Å². The molecule has 3 heterocycles. The van der Waals surface area contributed by atoms with Gasteiger partial charge in [0.2, 0.25) is 5.91 Å². The molecule has 0 atom stereocenters. The van der Waals surface area contributed by atoms with Gasteiger partial charge in [0, 0.05) is 35.9 Å². The van der Waals surface area contributed by atoms with Gasteiger partial charge < -0.3 is 4.90 Å². The molecule has 1 amide bonds. The predicted molar refractivity (Wildman–Crippen MR) is 126 cm³/mol. The number of fused-ring (bicyclic) bond motifs is 2. The average Bonchev–Trinajstić information content (AvgIpc) is 2.84. The Morgan fingerprint density at radius 2 is 1.91 bits per heavy atom. The molecule has 0 spiro atoms. The van der Waals surface area contributed by atoms with Crippen molar-refractivity contribution in [2.45, 2.75) is 50.1 Å². The maximum atomic E-state index is 13.1. The molecule has 0 unspecified atom stereocenters. The summed E-state index contributed by atoms with van der Waals surface area (Å²) in [6.45, 7) is 1.23. The number of rotatable bonds is 5. The number of aryl methyl sites for hydroxylation is 1. The highest BCUT2D eigenvalue weighted by Gasteiger charge is 2.25. The maximum Gasteiger partial charge on any atom is 0.349 e. The number of aromatic nitrogens is 3. The lowest BCUT2D eigenvalue weighted by Gasteiger charge is -2.29. The van der Waals surface area contributed by atoms with Gasteiger partial charge in [0.15, 0.2) is 0 Å². The van der Waals surface area contributed by atoms with Gasteiger partial charge in [0.05, 0.1) is 12.3 Å². The molecule has 2 aromatic heterocycles. The van der Waals surface area contributed by atoms with Gasteiger partial charge in [-0.3, -0.25) is 14.3 Å². The van der Waals surface area contributed by atoms with Gasteiger partial charge in [-0.15, -0.1) is 0 Å². The molecule has 0 N–H and O–H groups in total. The van der Waals surface area contributed by atoms with Crippen molar-refractivity contribution < 1.29 is 4.79 Å². The predicted octanol–water partition coefficient (Wildman–Crippen LogP) is 3.64. The van der Waals surface area contributed by atoms with E-state index in [1.807, 2.05) is 35.2 Å². The molecule has 0 saturated heterocycles. The molecule has 0 fully saturated rings. The summed E-state index contributed by atoms with van der Waals surface area (Å²) in [6, 6.07) is 12.0. The SMILES string of the molecule is O=C(CSc1nc(=O)n(Cc2cccnc2)c2c1CCCC2)N1CCCc2ccccc21. The number of carbonyl (C=O) groups excluding carboxylic acids is 1. The molecular weight excluding hydrogens is 420 g/mol. The summed E-state index contributed by atoms with van der Waals surface area (Å²) >= 11 is 1.41. The van der Waals surface area contributed by atoms with Crippen molar-refractivity contribution in [2.75, 3.05) is 17.2 Å². The summed E-state index contributed by atoms with van der Waals surface area (Å²) in [6.07, 6.45) is 9.44. The number of hydrogen-bond donors (Lipinski definition) is 0. The first-order chi connectivity index (χ1) is 15.7. The number of pyridine rings is 1. The number of thioether (sulfide) groups is 1. The van der Waals surface area contributed by atoms with Gasteiger partial charge in [-0.05, 0) is 61.8 Å². The van der Waals surface area contributed by atoms with E-state index in [2.05, 4.69) is 16.0 Å². The second kappa shape index (κ2) is 9.28. The molecule has 1 aliphatic carbocycles. The van der Waals surface area contributed by atoms with Crippen molar-refractivity contribution in [2.24, 2.45) is 0 Å². The van der Waals surface area contributed by atoms with Crippen molar-refractivity contribution >= 4 is 23.4 Å². The van der Waals surface area contributed by atoms with E-state index in [-0.39, 0.29) is 11.6 Å². The van der Waals surface area contributed by atoms with E-state index in [0.717, 1.165) is 72.6 Å². The first-order valence-corrected chi connectivity index (χ1v) is 12.2. The molecule has 5 rings (SSSR count). The summed E-state index contributed by atoms with van der Waals surface area (Å²) in [5.74, 6) is 0.368. The molecule has 0 bridgehead atoms. The van der Waals surface area contributed by atoms with Gasteiger partial charge in [-0.1, -0.05) is 36.0 Å². The Kier molecular flexibility index (Phi) is 6.08. The molecule has 6 nitrogen and oxygen atoms in total. The fraction of sp³-hybridized carbons (Fsp3) is 0.360. The molecule has 3 aromatic rings. The third-order valence-corrected chi connectivity index (χ3v) is 7.26. The number of anilines is 1. The lowest BCUT2D eigenvalue weighted by Crippen LogP contribution is -2.37. The zero-order valence-corrected chi connectivity index (χ0v) is 18.8. The highest BCUT2D eigenvalue weighted by atomic mass is 32.2. The third kappa shape index (κ3) is 4.21. The Morgan fingerprint density at radius 1 is 1.03 bits per heavy atom. The van der Waals surface area contributed by atoms with Crippen LogP contribution >= 0.6 is 11.8 Å².